The first kappa shape index (κ1) is 24.1. The van der Waals surface area contributed by atoms with Gasteiger partial charge in [0.15, 0.2) is 0 Å². The van der Waals surface area contributed by atoms with Gasteiger partial charge in [-0.25, -0.2) is 9.59 Å². The van der Waals surface area contributed by atoms with Crippen LogP contribution < -0.4 is 4.74 Å². The van der Waals surface area contributed by atoms with Gasteiger partial charge in [-0.05, 0) is 103 Å². The van der Waals surface area contributed by atoms with Gasteiger partial charge >= 0.3 is 11.9 Å². The van der Waals surface area contributed by atoms with Crippen molar-refractivity contribution in [3.63, 3.8) is 0 Å². The first-order valence-electron chi connectivity index (χ1n) is 10.6. The molecule has 0 radical (unpaired) electrons. The molecule has 4 aromatic rings. The summed E-state index contributed by atoms with van der Waals surface area (Å²) >= 11 is 0. The fraction of sp³-hybridized carbons (Fsp3) is 0.111. The van der Waals surface area contributed by atoms with Crippen LogP contribution in [-0.4, -0.2) is 32.1 Å². The van der Waals surface area contributed by atoms with Crippen molar-refractivity contribution in [2.45, 2.75) is 19.3 Å². The predicted octanol–water partition coefficient (Wildman–Crippen LogP) is 5.53. The minimum Gasteiger partial charge on any atom is -0.478 e. The van der Waals surface area contributed by atoms with Crippen molar-refractivity contribution in [2.75, 3.05) is 0 Å². The molecular weight excluding hydrogens is 432 g/mol. The van der Waals surface area contributed by atoms with Crippen LogP contribution in [0.3, 0.4) is 0 Å². The number of carbonyl (C=O) groups is 2. The van der Waals surface area contributed by atoms with E-state index in [1.165, 1.54) is 66.1 Å². The lowest BCUT2D eigenvalue weighted by Crippen LogP contribution is -1.96. The van der Waals surface area contributed by atoms with E-state index in [4.69, 9.17) is 14.9 Å². The van der Waals surface area contributed by atoms with Crippen molar-refractivity contribution in [3.05, 3.63) is 120 Å². The largest absolute Gasteiger partial charge is 0.478 e. The molecule has 0 aliphatic heterocycles. The average molecular weight is 456 g/mol. The molecule has 0 saturated heterocycles. The first-order chi connectivity index (χ1) is 16.5. The third kappa shape index (κ3) is 7.87. The Bertz CT molecular complexity index is 1080. The molecule has 7 heteroatoms. The molecule has 7 nitrogen and oxygen atoms in total. The van der Waals surface area contributed by atoms with E-state index in [0.29, 0.717) is 11.5 Å². The number of benzene rings is 2. The molecule has 0 spiro atoms. The van der Waals surface area contributed by atoms with E-state index in [-0.39, 0.29) is 11.1 Å². The number of aromatic carboxylic acids is 2. The fourth-order valence-electron chi connectivity index (χ4n) is 3.06. The van der Waals surface area contributed by atoms with Crippen LogP contribution in [0, 0.1) is 0 Å². The Labute approximate surface area is 197 Å². The molecule has 0 fully saturated rings. The third-order valence-corrected chi connectivity index (χ3v) is 4.87. The van der Waals surface area contributed by atoms with Crippen molar-refractivity contribution in [1.29, 1.82) is 0 Å². The number of hydrogen-bond donors (Lipinski definition) is 2. The smallest absolute Gasteiger partial charge is 0.335 e. The third-order valence-electron chi connectivity index (χ3n) is 4.87. The van der Waals surface area contributed by atoms with Gasteiger partial charge in [0.1, 0.15) is 11.5 Å². The topological polar surface area (TPSA) is 110 Å². The number of aryl methyl sites for hydroxylation is 2. The van der Waals surface area contributed by atoms with Crippen molar-refractivity contribution >= 4 is 11.9 Å². The molecule has 0 aliphatic carbocycles. The molecule has 0 bridgehead atoms. The molecule has 2 heterocycles. The highest BCUT2D eigenvalue weighted by atomic mass is 16.5. The second kappa shape index (κ2) is 12.5. The van der Waals surface area contributed by atoms with E-state index in [0.717, 1.165) is 12.8 Å². The summed E-state index contributed by atoms with van der Waals surface area (Å²) in [5, 5.41) is 17.5. The SMILES string of the molecule is O=C(O)c1ccc(Oc2ccc(C(=O)O)cc2)cc1.c1cc(CCCc2ccncc2)ccn1. The Morgan fingerprint density at radius 3 is 1.26 bits per heavy atom. The maximum absolute atomic E-state index is 10.7. The highest BCUT2D eigenvalue weighted by Gasteiger charge is 2.05. The van der Waals surface area contributed by atoms with Gasteiger partial charge in [-0.1, -0.05) is 0 Å². The Kier molecular flexibility index (Phi) is 8.87. The van der Waals surface area contributed by atoms with Crippen LogP contribution in [0.5, 0.6) is 11.5 Å². The predicted molar refractivity (Wildman–Crippen MR) is 127 cm³/mol. The van der Waals surface area contributed by atoms with Gasteiger partial charge in [-0.3, -0.25) is 9.97 Å². The van der Waals surface area contributed by atoms with E-state index in [9.17, 15) is 9.59 Å². The molecule has 0 amide bonds. The van der Waals surface area contributed by atoms with Crippen LogP contribution in [0.25, 0.3) is 0 Å². The summed E-state index contributed by atoms with van der Waals surface area (Å²) in [6.45, 7) is 0. The number of ether oxygens (including phenoxy) is 1. The van der Waals surface area contributed by atoms with E-state index in [1.54, 1.807) is 0 Å². The molecule has 34 heavy (non-hydrogen) atoms. The Morgan fingerprint density at radius 1 is 0.588 bits per heavy atom. The summed E-state index contributed by atoms with van der Waals surface area (Å²) in [7, 11) is 0. The monoisotopic (exact) mass is 456 g/mol. The lowest BCUT2D eigenvalue weighted by atomic mass is 10.1. The quantitative estimate of drug-likeness (QED) is 0.359. The zero-order valence-electron chi connectivity index (χ0n) is 18.4. The molecule has 2 aromatic heterocycles. The summed E-state index contributed by atoms with van der Waals surface area (Å²) in [6, 6.07) is 20.2. The molecule has 0 saturated carbocycles. The highest BCUT2D eigenvalue weighted by Crippen LogP contribution is 2.22. The molecule has 0 unspecified atom stereocenters. The molecule has 172 valence electrons. The van der Waals surface area contributed by atoms with Gasteiger partial charge in [0.05, 0.1) is 11.1 Å². The number of carboxylic acid groups (broad SMARTS) is 2. The standard InChI is InChI=1S/C14H10O5.C13H14N2/c15-13(16)9-1-5-11(6-2-9)19-12-7-3-10(4-8-12)14(17)18;1(2-12-4-8-14-9-5-12)3-13-6-10-15-11-7-13/h1-8H,(H,15,16)(H,17,18);4-11H,1-3H2. The Hall–Kier alpha value is -4.52. The normalized spacial score (nSPS) is 10.0. The second-order valence-corrected chi connectivity index (χ2v) is 7.33. The van der Waals surface area contributed by atoms with Crippen LogP contribution in [0.15, 0.2) is 97.6 Å². The molecule has 2 N–H and O–H groups in total. The minimum absolute atomic E-state index is 0.175. The zero-order valence-corrected chi connectivity index (χ0v) is 18.4. The number of aromatic nitrogens is 2. The zero-order chi connectivity index (χ0) is 24.2. The van der Waals surface area contributed by atoms with Gasteiger partial charge in [-0.15, -0.1) is 0 Å². The van der Waals surface area contributed by atoms with Crippen LogP contribution in [0.2, 0.25) is 0 Å². The van der Waals surface area contributed by atoms with Crippen LogP contribution in [0.4, 0.5) is 0 Å². The van der Waals surface area contributed by atoms with Crippen molar-refractivity contribution < 1.29 is 24.5 Å². The van der Waals surface area contributed by atoms with Crippen molar-refractivity contribution in [2.24, 2.45) is 0 Å². The number of carboxylic acids is 2. The first-order valence-corrected chi connectivity index (χ1v) is 10.6. The molecule has 0 atom stereocenters. The van der Waals surface area contributed by atoms with Gasteiger partial charge in [-0.2, -0.15) is 0 Å². The van der Waals surface area contributed by atoms with E-state index >= 15 is 0 Å². The van der Waals surface area contributed by atoms with Gasteiger partial charge in [0, 0.05) is 24.8 Å². The number of hydrogen-bond acceptors (Lipinski definition) is 5. The summed E-state index contributed by atoms with van der Waals surface area (Å²) < 4.78 is 5.46. The van der Waals surface area contributed by atoms with E-state index in [1.807, 2.05) is 24.8 Å². The van der Waals surface area contributed by atoms with Gasteiger partial charge in [0.2, 0.25) is 0 Å². The van der Waals surface area contributed by atoms with Gasteiger partial charge in [0.25, 0.3) is 0 Å². The second-order valence-electron chi connectivity index (χ2n) is 7.33. The Morgan fingerprint density at radius 2 is 0.941 bits per heavy atom. The number of rotatable bonds is 8. The summed E-state index contributed by atoms with van der Waals surface area (Å²) in [5.74, 6) is -1.05. The molecular formula is C27H24N2O5. The average Bonchev–Trinajstić information content (AvgIpc) is 2.86. The number of nitrogens with zero attached hydrogens (tertiary/aromatic N) is 2. The maximum atomic E-state index is 10.7. The van der Waals surface area contributed by atoms with Crippen LogP contribution >= 0.6 is 0 Å². The maximum Gasteiger partial charge on any atom is 0.335 e. The van der Waals surface area contributed by atoms with Gasteiger partial charge < -0.3 is 14.9 Å². The van der Waals surface area contributed by atoms with E-state index < -0.39 is 11.9 Å². The van der Waals surface area contributed by atoms with Crippen LogP contribution in [0.1, 0.15) is 38.3 Å². The summed E-state index contributed by atoms with van der Waals surface area (Å²) in [4.78, 5) is 29.4. The Balaban J connectivity index is 0.000000196. The van der Waals surface area contributed by atoms with Crippen LogP contribution in [-0.2, 0) is 12.8 Å². The summed E-state index contributed by atoms with van der Waals surface area (Å²) in [6.07, 6.45) is 10.8. The molecule has 4 rings (SSSR count). The highest BCUT2D eigenvalue weighted by molar-refractivity contribution is 5.88. The lowest BCUT2D eigenvalue weighted by Gasteiger charge is -2.06. The van der Waals surface area contributed by atoms with E-state index in [2.05, 4.69) is 34.2 Å². The van der Waals surface area contributed by atoms with Crippen molar-refractivity contribution in [3.8, 4) is 11.5 Å². The van der Waals surface area contributed by atoms with Crippen molar-refractivity contribution in [1.82, 2.24) is 9.97 Å². The molecule has 0 aliphatic rings. The minimum atomic E-state index is -1.00. The summed E-state index contributed by atoms with van der Waals surface area (Å²) in [5.41, 5.74) is 3.07. The number of pyridine rings is 2. The molecule has 2 aromatic carbocycles. The lowest BCUT2D eigenvalue weighted by molar-refractivity contribution is 0.0686. The fourth-order valence-corrected chi connectivity index (χ4v) is 3.06.